The molecule has 0 atom stereocenters. The average Bonchev–Trinajstić information content (AvgIpc) is 2.38. The van der Waals surface area contributed by atoms with Crippen molar-refractivity contribution in [3.8, 4) is 0 Å². The van der Waals surface area contributed by atoms with Crippen LogP contribution in [0, 0.1) is 0 Å². The van der Waals surface area contributed by atoms with Crippen LogP contribution in [0.15, 0.2) is 46.7 Å². The number of aromatic nitrogens is 2. The van der Waals surface area contributed by atoms with Gasteiger partial charge in [-0.1, -0.05) is 11.8 Å². The fourth-order valence-corrected chi connectivity index (χ4v) is 2.20. The molecule has 4 nitrogen and oxygen atoms in total. The van der Waals surface area contributed by atoms with Gasteiger partial charge >= 0.3 is 12.1 Å². The average molecular weight is 300 g/mol. The topological polar surface area (TPSA) is 63.1 Å². The quantitative estimate of drug-likeness (QED) is 0.942. The summed E-state index contributed by atoms with van der Waals surface area (Å²) in [4.78, 5) is 18.8. The predicted molar refractivity (Wildman–Crippen MR) is 64.6 cm³/mol. The number of rotatable bonds is 3. The lowest BCUT2D eigenvalue weighted by atomic mass is 10.3. The molecule has 0 saturated carbocycles. The first-order chi connectivity index (χ1) is 9.38. The summed E-state index contributed by atoms with van der Waals surface area (Å²) in [5, 5.41) is 9.24. The second-order valence-corrected chi connectivity index (χ2v) is 4.72. The van der Waals surface area contributed by atoms with Gasteiger partial charge in [0, 0.05) is 23.5 Å². The zero-order valence-electron chi connectivity index (χ0n) is 9.76. The van der Waals surface area contributed by atoms with Crippen LogP contribution < -0.4 is 0 Å². The Bertz CT molecular complexity index is 629. The number of alkyl halides is 3. The van der Waals surface area contributed by atoms with Gasteiger partial charge in [-0.25, -0.2) is 9.78 Å². The van der Waals surface area contributed by atoms with Crippen LogP contribution in [0.5, 0.6) is 0 Å². The lowest BCUT2D eigenvalue weighted by Gasteiger charge is -2.07. The molecule has 8 heteroatoms. The summed E-state index contributed by atoms with van der Waals surface area (Å²) in [5.41, 5.74) is -0.835. The molecule has 0 aliphatic rings. The SMILES string of the molecule is O=C(O)c1ccncc1Sc1ccc(C(F)(F)F)cn1. The number of hydrogen-bond acceptors (Lipinski definition) is 4. The van der Waals surface area contributed by atoms with Crippen LogP contribution in [-0.4, -0.2) is 21.0 Å². The van der Waals surface area contributed by atoms with E-state index in [1.165, 1.54) is 24.5 Å². The zero-order chi connectivity index (χ0) is 14.8. The van der Waals surface area contributed by atoms with Crippen molar-refractivity contribution in [2.45, 2.75) is 16.1 Å². The van der Waals surface area contributed by atoms with Gasteiger partial charge in [0.2, 0.25) is 0 Å². The predicted octanol–water partition coefficient (Wildman–Crippen LogP) is 3.34. The van der Waals surface area contributed by atoms with Crippen molar-refractivity contribution in [1.82, 2.24) is 9.97 Å². The molecule has 0 amide bonds. The molecule has 0 radical (unpaired) electrons. The van der Waals surface area contributed by atoms with E-state index in [-0.39, 0.29) is 10.6 Å². The van der Waals surface area contributed by atoms with Crippen LogP contribution in [0.3, 0.4) is 0 Å². The maximum atomic E-state index is 12.4. The number of carbonyl (C=O) groups is 1. The number of carboxylic acid groups (broad SMARTS) is 1. The lowest BCUT2D eigenvalue weighted by Crippen LogP contribution is -2.05. The first kappa shape index (κ1) is 14.3. The summed E-state index contributed by atoms with van der Waals surface area (Å²) in [6.45, 7) is 0. The normalized spacial score (nSPS) is 11.3. The maximum Gasteiger partial charge on any atom is 0.417 e. The molecule has 1 N–H and O–H groups in total. The Labute approximate surface area is 115 Å². The van der Waals surface area contributed by atoms with Gasteiger partial charge in [0.15, 0.2) is 0 Å². The highest BCUT2D eigenvalue weighted by Crippen LogP contribution is 2.32. The van der Waals surface area contributed by atoms with Gasteiger partial charge in [0.1, 0.15) is 5.03 Å². The third-order valence-electron chi connectivity index (χ3n) is 2.29. The van der Waals surface area contributed by atoms with Crippen molar-refractivity contribution in [2.75, 3.05) is 0 Å². The summed E-state index contributed by atoms with van der Waals surface area (Å²) in [6.07, 6.45) is -1.09. The van der Waals surface area contributed by atoms with Crippen LogP contribution >= 0.6 is 11.8 Å². The van der Waals surface area contributed by atoms with Gasteiger partial charge in [-0.2, -0.15) is 13.2 Å². The van der Waals surface area contributed by atoms with Gasteiger partial charge in [-0.15, -0.1) is 0 Å². The van der Waals surface area contributed by atoms with Gasteiger partial charge in [-0.05, 0) is 18.2 Å². The molecule has 20 heavy (non-hydrogen) atoms. The molecule has 0 spiro atoms. The van der Waals surface area contributed by atoms with Crippen molar-refractivity contribution in [3.05, 3.63) is 47.9 Å². The molecular weight excluding hydrogens is 293 g/mol. The van der Waals surface area contributed by atoms with Gasteiger partial charge < -0.3 is 5.11 Å². The molecule has 0 aliphatic heterocycles. The summed E-state index contributed by atoms with van der Waals surface area (Å²) in [5.74, 6) is -1.14. The third-order valence-corrected chi connectivity index (χ3v) is 3.29. The summed E-state index contributed by atoms with van der Waals surface area (Å²) < 4.78 is 37.1. The molecule has 0 aromatic carbocycles. The largest absolute Gasteiger partial charge is 0.478 e. The number of pyridine rings is 2. The molecule has 2 rings (SSSR count). The van der Waals surface area contributed by atoms with Crippen LogP contribution in [0.2, 0.25) is 0 Å². The highest BCUT2D eigenvalue weighted by Gasteiger charge is 2.30. The van der Waals surface area contributed by atoms with Gasteiger partial charge in [-0.3, -0.25) is 4.98 Å². The molecule has 0 aliphatic carbocycles. The number of hydrogen-bond donors (Lipinski definition) is 1. The Balaban J connectivity index is 2.25. The molecule has 2 aromatic rings. The Morgan fingerprint density at radius 2 is 1.95 bits per heavy atom. The Hall–Kier alpha value is -2.09. The molecule has 0 bridgehead atoms. The number of halogens is 3. The molecule has 2 aromatic heterocycles. The molecule has 0 unspecified atom stereocenters. The minimum absolute atomic E-state index is 0.0201. The van der Waals surface area contributed by atoms with E-state index in [0.29, 0.717) is 11.1 Å². The highest BCUT2D eigenvalue weighted by atomic mass is 32.2. The van der Waals surface area contributed by atoms with Crippen molar-refractivity contribution < 1.29 is 23.1 Å². The highest BCUT2D eigenvalue weighted by molar-refractivity contribution is 7.99. The number of nitrogens with zero attached hydrogens (tertiary/aromatic N) is 2. The second kappa shape index (κ2) is 5.49. The van der Waals surface area contributed by atoms with E-state index >= 15 is 0 Å². The van der Waals surface area contributed by atoms with E-state index in [2.05, 4.69) is 9.97 Å². The van der Waals surface area contributed by atoms with Gasteiger partial charge in [0.25, 0.3) is 0 Å². The van der Waals surface area contributed by atoms with Crippen LogP contribution in [0.25, 0.3) is 0 Å². The van der Waals surface area contributed by atoms with Crippen molar-refractivity contribution in [1.29, 1.82) is 0 Å². The third kappa shape index (κ3) is 3.27. The molecule has 104 valence electrons. The zero-order valence-corrected chi connectivity index (χ0v) is 10.6. The molecular formula is C12H7F3N2O2S. The Morgan fingerprint density at radius 3 is 2.50 bits per heavy atom. The van der Waals surface area contributed by atoms with Gasteiger partial charge in [0.05, 0.1) is 11.1 Å². The van der Waals surface area contributed by atoms with E-state index in [4.69, 9.17) is 5.11 Å². The number of carboxylic acids is 1. The lowest BCUT2D eigenvalue weighted by molar-refractivity contribution is -0.137. The van der Waals surface area contributed by atoms with Crippen molar-refractivity contribution >= 4 is 17.7 Å². The van der Waals surface area contributed by atoms with E-state index in [9.17, 15) is 18.0 Å². The van der Waals surface area contributed by atoms with Crippen molar-refractivity contribution in [2.24, 2.45) is 0 Å². The van der Waals surface area contributed by atoms with Crippen LogP contribution in [0.1, 0.15) is 15.9 Å². The first-order valence-electron chi connectivity index (χ1n) is 5.26. The minimum Gasteiger partial charge on any atom is -0.478 e. The molecule has 0 saturated heterocycles. The second-order valence-electron chi connectivity index (χ2n) is 3.66. The Kier molecular flexibility index (Phi) is 3.93. The maximum absolute atomic E-state index is 12.4. The standard InChI is InChI=1S/C12H7F3N2O2S/c13-12(14,15)7-1-2-10(17-5-7)20-9-6-16-4-3-8(9)11(18)19/h1-6H,(H,18,19). The minimum atomic E-state index is -4.45. The summed E-state index contributed by atoms with van der Waals surface area (Å²) in [6, 6.07) is 3.40. The van der Waals surface area contributed by atoms with E-state index in [1.54, 1.807) is 0 Å². The van der Waals surface area contributed by atoms with Crippen LogP contribution in [0.4, 0.5) is 13.2 Å². The monoisotopic (exact) mass is 300 g/mol. The first-order valence-corrected chi connectivity index (χ1v) is 6.08. The number of aromatic carboxylic acids is 1. The fourth-order valence-electron chi connectivity index (χ4n) is 1.36. The van der Waals surface area contributed by atoms with E-state index in [0.717, 1.165) is 17.8 Å². The smallest absolute Gasteiger partial charge is 0.417 e. The van der Waals surface area contributed by atoms with E-state index < -0.39 is 17.7 Å². The van der Waals surface area contributed by atoms with E-state index in [1.807, 2.05) is 0 Å². The van der Waals surface area contributed by atoms with Crippen molar-refractivity contribution in [3.63, 3.8) is 0 Å². The summed E-state index contributed by atoms with van der Waals surface area (Å²) >= 11 is 0.940. The summed E-state index contributed by atoms with van der Waals surface area (Å²) in [7, 11) is 0. The van der Waals surface area contributed by atoms with Crippen LogP contribution in [-0.2, 0) is 6.18 Å². The Morgan fingerprint density at radius 1 is 1.20 bits per heavy atom. The molecule has 0 fully saturated rings. The fraction of sp³-hybridized carbons (Fsp3) is 0.0833. The molecule has 2 heterocycles.